The number of allylic oxidation sites excluding steroid dienone is 1. The lowest BCUT2D eigenvalue weighted by Crippen LogP contribution is -2.42. The molecule has 0 amide bonds. The molecule has 0 aromatic carbocycles. The van der Waals surface area contributed by atoms with Crippen LogP contribution in [0.3, 0.4) is 0 Å². The van der Waals surface area contributed by atoms with Crippen molar-refractivity contribution in [2.45, 2.75) is 33.6 Å². The van der Waals surface area contributed by atoms with Gasteiger partial charge in [0.25, 0.3) is 0 Å². The van der Waals surface area contributed by atoms with Crippen LogP contribution < -0.4 is 0 Å². The molecule has 1 aliphatic carbocycles. The molecular formula is C10H16O2. The first-order valence-corrected chi connectivity index (χ1v) is 4.31. The Morgan fingerprint density at radius 2 is 2.00 bits per heavy atom. The fraction of sp³-hybridized carbons (Fsp3) is 0.700. The molecule has 68 valence electrons. The van der Waals surface area contributed by atoms with Gasteiger partial charge in [-0.1, -0.05) is 26.0 Å². The first-order valence-electron chi connectivity index (χ1n) is 4.31. The summed E-state index contributed by atoms with van der Waals surface area (Å²) in [5.74, 6) is -0.719. The number of carbonyl (C=O) groups is 1. The van der Waals surface area contributed by atoms with E-state index in [1.807, 2.05) is 26.0 Å². The van der Waals surface area contributed by atoms with E-state index >= 15 is 0 Å². The quantitative estimate of drug-likeness (QED) is 0.610. The van der Waals surface area contributed by atoms with Crippen molar-refractivity contribution in [1.29, 1.82) is 0 Å². The summed E-state index contributed by atoms with van der Waals surface area (Å²) in [7, 11) is 0. The van der Waals surface area contributed by atoms with Crippen molar-refractivity contribution in [3.63, 3.8) is 0 Å². The van der Waals surface area contributed by atoms with Crippen LogP contribution in [0.15, 0.2) is 12.2 Å². The van der Waals surface area contributed by atoms with Gasteiger partial charge in [0.1, 0.15) is 0 Å². The van der Waals surface area contributed by atoms with E-state index in [0.717, 1.165) is 12.8 Å². The van der Waals surface area contributed by atoms with Gasteiger partial charge in [-0.25, -0.2) is 0 Å². The van der Waals surface area contributed by atoms with E-state index in [1.165, 1.54) is 0 Å². The first-order chi connectivity index (χ1) is 5.40. The molecule has 0 spiro atoms. The Morgan fingerprint density at radius 3 is 2.33 bits per heavy atom. The van der Waals surface area contributed by atoms with Gasteiger partial charge in [-0.05, 0) is 25.2 Å². The molecule has 1 N–H and O–H groups in total. The number of hydrogen-bond acceptors (Lipinski definition) is 1. The van der Waals surface area contributed by atoms with Gasteiger partial charge in [0.15, 0.2) is 0 Å². The standard InChI is InChI=1S/C10H16O2/c1-9(2)6-4-5-7-10(9,3)8(11)12/h5,7H,4,6H2,1-3H3,(H,11,12). The van der Waals surface area contributed by atoms with Gasteiger partial charge >= 0.3 is 5.97 Å². The fourth-order valence-corrected chi connectivity index (χ4v) is 1.61. The van der Waals surface area contributed by atoms with Gasteiger partial charge in [0.2, 0.25) is 0 Å². The smallest absolute Gasteiger partial charge is 0.313 e. The van der Waals surface area contributed by atoms with Gasteiger partial charge in [0, 0.05) is 0 Å². The van der Waals surface area contributed by atoms with Crippen LogP contribution in [-0.4, -0.2) is 11.1 Å². The molecule has 0 saturated carbocycles. The van der Waals surface area contributed by atoms with Crippen molar-refractivity contribution >= 4 is 5.97 Å². The Hall–Kier alpha value is -0.790. The Labute approximate surface area is 73.3 Å². The number of rotatable bonds is 1. The topological polar surface area (TPSA) is 37.3 Å². The van der Waals surface area contributed by atoms with Gasteiger partial charge in [-0.2, -0.15) is 0 Å². The minimum Gasteiger partial charge on any atom is -0.481 e. The second-order valence-corrected chi connectivity index (χ2v) is 4.33. The summed E-state index contributed by atoms with van der Waals surface area (Å²) < 4.78 is 0. The zero-order chi connectivity index (χ0) is 9.41. The van der Waals surface area contributed by atoms with Crippen molar-refractivity contribution in [3.05, 3.63) is 12.2 Å². The first kappa shape index (κ1) is 9.30. The van der Waals surface area contributed by atoms with Crippen molar-refractivity contribution in [2.24, 2.45) is 10.8 Å². The van der Waals surface area contributed by atoms with Gasteiger partial charge in [0.05, 0.1) is 5.41 Å². The summed E-state index contributed by atoms with van der Waals surface area (Å²) in [4.78, 5) is 11.0. The monoisotopic (exact) mass is 168 g/mol. The highest BCUT2D eigenvalue weighted by molar-refractivity contribution is 5.78. The molecule has 0 aliphatic heterocycles. The van der Waals surface area contributed by atoms with E-state index in [0.29, 0.717) is 0 Å². The molecule has 1 aliphatic rings. The zero-order valence-electron chi connectivity index (χ0n) is 7.92. The van der Waals surface area contributed by atoms with Crippen molar-refractivity contribution in [1.82, 2.24) is 0 Å². The van der Waals surface area contributed by atoms with Crippen molar-refractivity contribution in [2.75, 3.05) is 0 Å². The third-order valence-corrected chi connectivity index (χ3v) is 3.24. The lowest BCUT2D eigenvalue weighted by atomic mass is 9.62. The van der Waals surface area contributed by atoms with Crippen LogP contribution >= 0.6 is 0 Å². The average Bonchev–Trinajstić information content (AvgIpc) is 1.95. The Bertz CT molecular complexity index is 228. The lowest BCUT2D eigenvalue weighted by Gasteiger charge is -2.41. The molecule has 0 heterocycles. The van der Waals surface area contributed by atoms with Crippen LogP contribution in [-0.2, 0) is 4.79 Å². The second-order valence-electron chi connectivity index (χ2n) is 4.33. The zero-order valence-corrected chi connectivity index (χ0v) is 7.92. The maximum absolute atomic E-state index is 11.0. The van der Waals surface area contributed by atoms with E-state index in [2.05, 4.69) is 0 Å². The van der Waals surface area contributed by atoms with Crippen molar-refractivity contribution < 1.29 is 9.90 Å². The molecule has 0 bridgehead atoms. The van der Waals surface area contributed by atoms with Crippen molar-refractivity contribution in [3.8, 4) is 0 Å². The minimum atomic E-state index is -0.719. The molecule has 0 radical (unpaired) electrons. The third kappa shape index (κ3) is 1.15. The predicted molar refractivity (Wildman–Crippen MR) is 47.9 cm³/mol. The summed E-state index contributed by atoms with van der Waals surface area (Å²) in [5, 5.41) is 9.08. The maximum atomic E-state index is 11.0. The number of aliphatic carboxylic acids is 1. The Balaban J connectivity index is 3.07. The summed E-state index contributed by atoms with van der Waals surface area (Å²) in [6.45, 7) is 5.83. The molecule has 0 aromatic rings. The highest BCUT2D eigenvalue weighted by Gasteiger charge is 2.46. The van der Waals surface area contributed by atoms with Gasteiger partial charge < -0.3 is 5.11 Å². The van der Waals surface area contributed by atoms with E-state index < -0.39 is 11.4 Å². The average molecular weight is 168 g/mol. The molecule has 1 unspecified atom stereocenters. The largest absolute Gasteiger partial charge is 0.481 e. The van der Waals surface area contributed by atoms with E-state index in [9.17, 15) is 4.79 Å². The van der Waals surface area contributed by atoms with Crippen LogP contribution in [0.4, 0.5) is 0 Å². The van der Waals surface area contributed by atoms with E-state index in [-0.39, 0.29) is 5.41 Å². The molecule has 1 rings (SSSR count). The molecule has 0 fully saturated rings. The molecule has 2 heteroatoms. The molecular weight excluding hydrogens is 152 g/mol. The molecule has 12 heavy (non-hydrogen) atoms. The Kier molecular flexibility index (Phi) is 2.02. The van der Waals surface area contributed by atoms with Gasteiger partial charge in [-0.15, -0.1) is 0 Å². The summed E-state index contributed by atoms with van der Waals surface area (Å²) in [6.07, 6.45) is 5.75. The molecule has 0 aromatic heterocycles. The SMILES string of the molecule is CC1(C)CCC=CC1(C)C(=O)O. The second kappa shape index (κ2) is 2.61. The maximum Gasteiger partial charge on any atom is 0.313 e. The number of carboxylic acids is 1. The van der Waals surface area contributed by atoms with Crippen LogP contribution in [0.5, 0.6) is 0 Å². The third-order valence-electron chi connectivity index (χ3n) is 3.24. The molecule has 1 atom stereocenters. The van der Waals surface area contributed by atoms with E-state index in [4.69, 9.17) is 5.11 Å². The fourth-order valence-electron chi connectivity index (χ4n) is 1.61. The van der Waals surface area contributed by atoms with Gasteiger partial charge in [-0.3, -0.25) is 4.79 Å². The van der Waals surface area contributed by atoms with Crippen LogP contribution in [0.25, 0.3) is 0 Å². The Morgan fingerprint density at radius 1 is 1.42 bits per heavy atom. The lowest BCUT2D eigenvalue weighted by molar-refractivity contribution is -0.151. The van der Waals surface area contributed by atoms with Crippen LogP contribution in [0.1, 0.15) is 33.6 Å². The van der Waals surface area contributed by atoms with Crippen LogP contribution in [0.2, 0.25) is 0 Å². The molecule has 0 saturated heterocycles. The summed E-state index contributed by atoms with van der Waals surface area (Å²) in [6, 6.07) is 0. The molecule has 2 nitrogen and oxygen atoms in total. The number of carboxylic acid groups (broad SMARTS) is 1. The predicted octanol–water partition coefficient (Wildman–Crippen LogP) is 2.45. The highest BCUT2D eigenvalue weighted by atomic mass is 16.4. The minimum absolute atomic E-state index is 0.131. The highest BCUT2D eigenvalue weighted by Crippen LogP contribution is 2.46. The summed E-state index contributed by atoms with van der Waals surface area (Å²) in [5.41, 5.74) is -0.821. The van der Waals surface area contributed by atoms with E-state index in [1.54, 1.807) is 6.92 Å². The number of hydrogen-bond donors (Lipinski definition) is 1. The van der Waals surface area contributed by atoms with Crippen LogP contribution in [0, 0.1) is 10.8 Å². The summed E-state index contributed by atoms with van der Waals surface area (Å²) >= 11 is 0. The normalized spacial score (nSPS) is 33.2.